The molecule has 4 fully saturated rings. The van der Waals surface area contributed by atoms with E-state index in [1.165, 1.54) is 38.5 Å². The van der Waals surface area contributed by atoms with Gasteiger partial charge in [-0.1, -0.05) is 6.92 Å². The van der Waals surface area contributed by atoms with Crippen LogP contribution in [-0.4, -0.2) is 40.3 Å². The van der Waals surface area contributed by atoms with Gasteiger partial charge in [0.2, 0.25) is 12.0 Å². The summed E-state index contributed by atoms with van der Waals surface area (Å²) >= 11 is 3.86. The molecule has 0 aliphatic heterocycles. The van der Waals surface area contributed by atoms with Gasteiger partial charge in [-0.25, -0.2) is 4.79 Å². The Bertz CT molecular complexity index is 518. The number of rotatable bonds is 6. The molecule has 148 valence electrons. The number of carbonyl (C=O) groups is 3. The van der Waals surface area contributed by atoms with E-state index < -0.39 is 36.3 Å². The van der Waals surface area contributed by atoms with Crippen LogP contribution in [0.3, 0.4) is 0 Å². The smallest absolute Gasteiger partial charge is 0.345 e. The SMILES string of the molecule is C[C@H](CS)C(=O)O[C@@H](CC(N)=O)C(=O)O.NC12CC3CC(CC(C3)C1)C2. The van der Waals surface area contributed by atoms with Crippen molar-refractivity contribution in [1.82, 2.24) is 0 Å². The Morgan fingerprint density at radius 3 is 1.92 bits per heavy atom. The van der Waals surface area contributed by atoms with Crippen LogP contribution in [0.1, 0.15) is 51.9 Å². The standard InChI is InChI=1S/C10H17N.C8H13NO5S/c11-10-4-7-1-8(5-10)3-9(2-7)6-10;1-4(3-15)8(13)14-5(7(11)12)2-6(9)10/h7-9H,1-6,11H2;4-5,15H,2-3H2,1H3,(H2,9,10)(H,11,12)/t;4-,5+/m.1/s1. The predicted octanol–water partition coefficient (Wildman–Crippen LogP) is 1.34. The Balaban J connectivity index is 0.000000193. The molecule has 8 heteroatoms. The van der Waals surface area contributed by atoms with E-state index in [0.717, 1.165) is 17.8 Å². The van der Waals surface area contributed by atoms with Crippen LogP contribution in [0.25, 0.3) is 0 Å². The van der Waals surface area contributed by atoms with Gasteiger partial charge in [0.05, 0.1) is 12.3 Å². The van der Waals surface area contributed by atoms with Crippen molar-refractivity contribution in [3.63, 3.8) is 0 Å². The van der Waals surface area contributed by atoms with Crippen molar-refractivity contribution in [3.05, 3.63) is 0 Å². The molecule has 1 amide bonds. The third kappa shape index (κ3) is 5.61. The average molecular weight is 387 g/mol. The van der Waals surface area contributed by atoms with Crippen molar-refractivity contribution in [3.8, 4) is 0 Å². The van der Waals surface area contributed by atoms with Crippen LogP contribution in [0.4, 0.5) is 0 Å². The van der Waals surface area contributed by atoms with E-state index in [4.69, 9.17) is 16.6 Å². The monoisotopic (exact) mass is 386 g/mol. The Hall–Kier alpha value is -1.28. The Morgan fingerprint density at radius 2 is 1.62 bits per heavy atom. The summed E-state index contributed by atoms with van der Waals surface area (Å²) in [5, 5.41) is 8.62. The van der Waals surface area contributed by atoms with E-state index in [0.29, 0.717) is 5.54 Å². The molecule has 4 aliphatic rings. The molecule has 0 spiro atoms. The summed E-state index contributed by atoms with van der Waals surface area (Å²) in [7, 11) is 0. The second-order valence-electron chi connectivity index (χ2n) is 8.30. The van der Waals surface area contributed by atoms with Gasteiger partial charge in [-0.15, -0.1) is 0 Å². The Morgan fingerprint density at radius 1 is 1.15 bits per heavy atom. The van der Waals surface area contributed by atoms with Gasteiger partial charge in [-0.3, -0.25) is 9.59 Å². The van der Waals surface area contributed by atoms with Gasteiger partial charge in [0.25, 0.3) is 0 Å². The summed E-state index contributed by atoms with van der Waals surface area (Å²) in [6, 6.07) is 0. The van der Waals surface area contributed by atoms with E-state index >= 15 is 0 Å². The van der Waals surface area contributed by atoms with Crippen molar-refractivity contribution in [1.29, 1.82) is 0 Å². The number of esters is 1. The molecule has 0 aromatic heterocycles. The highest BCUT2D eigenvalue weighted by Crippen LogP contribution is 2.54. The molecule has 5 N–H and O–H groups in total. The fourth-order valence-electron chi connectivity index (χ4n) is 4.87. The molecule has 4 bridgehead atoms. The number of hydrogen-bond donors (Lipinski definition) is 4. The molecule has 0 unspecified atom stereocenters. The number of aliphatic carboxylic acids is 1. The summed E-state index contributed by atoms with van der Waals surface area (Å²) in [6.07, 6.45) is 6.53. The molecular formula is C18H30N2O5S. The summed E-state index contributed by atoms with van der Waals surface area (Å²) in [4.78, 5) is 32.2. The van der Waals surface area contributed by atoms with Crippen LogP contribution >= 0.6 is 12.6 Å². The van der Waals surface area contributed by atoms with Crippen molar-refractivity contribution < 1.29 is 24.2 Å². The van der Waals surface area contributed by atoms with Gasteiger partial charge in [0.1, 0.15) is 0 Å². The molecule has 0 radical (unpaired) electrons. The Labute approximate surface area is 159 Å². The highest BCUT2D eigenvalue weighted by Gasteiger charge is 2.48. The highest BCUT2D eigenvalue weighted by molar-refractivity contribution is 7.80. The molecule has 4 saturated carbocycles. The maximum atomic E-state index is 11.2. The summed E-state index contributed by atoms with van der Waals surface area (Å²) < 4.78 is 4.59. The van der Waals surface area contributed by atoms with Crippen LogP contribution < -0.4 is 11.5 Å². The number of amides is 1. The lowest BCUT2D eigenvalue weighted by atomic mass is 9.53. The second-order valence-corrected chi connectivity index (χ2v) is 8.66. The van der Waals surface area contributed by atoms with E-state index in [-0.39, 0.29) is 5.75 Å². The number of carboxylic acid groups (broad SMARTS) is 1. The van der Waals surface area contributed by atoms with Crippen molar-refractivity contribution >= 4 is 30.5 Å². The molecular weight excluding hydrogens is 356 g/mol. The van der Waals surface area contributed by atoms with Crippen LogP contribution in [0.2, 0.25) is 0 Å². The maximum absolute atomic E-state index is 11.2. The number of carbonyl (C=O) groups excluding carboxylic acids is 2. The molecule has 4 aliphatic carbocycles. The lowest BCUT2D eigenvalue weighted by molar-refractivity contribution is -0.167. The number of nitrogens with two attached hydrogens (primary N) is 2. The zero-order valence-electron chi connectivity index (χ0n) is 15.2. The topological polar surface area (TPSA) is 133 Å². The van der Waals surface area contributed by atoms with Crippen LogP contribution in [0.15, 0.2) is 0 Å². The first-order valence-corrected chi connectivity index (χ1v) is 9.86. The molecule has 0 aromatic carbocycles. The lowest BCUT2D eigenvalue weighted by Crippen LogP contribution is -2.55. The Kier molecular flexibility index (Phi) is 6.96. The van der Waals surface area contributed by atoms with E-state index in [2.05, 4.69) is 17.4 Å². The minimum Gasteiger partial charge on any atom is -0.478 e. The summed E-state index contributed by atoms with van der Waals surface area (Å²) in [5.74, 6) is -0.172. The zero-order valence-corrected chi connectivity index (χ0v) is 16.1. The van der Waals surface area contributed by atoms with Crippen LogP contribution in [0, 0.1) is 23.7 Å². The second kappa shape index (κ2) is 8.61. The van der Waals surface area contributed by atoms with Gasteiger partial charge < -0.3 is 21.3 Å². The molecule has 0 saturated heterocycles. The van der Waals surface area contributed by atoms with Gasteiger partial charge in [0.15, 0.2) is 0 Å². The largest absolute Gasteiger partial charge is 0.478 e. The average Bonchev–Trinajstić information content (AvgIpc) is 2.51. The van der Waals surface area contributed by atoms with Crippen molar-refractivity contribution in [2.24, 2.45) is 35.1 Å². The minimum absolute atomic E-state index is 0.238. The summed E-state index contributed by atoms with van der Waals surface area (Å²) in [5.41, 5.74) is 11.4. The van der Waals surface area contributed by atoms with Crippen LogP contribution in [0.5, 0.6) is 0 Å². The van der Waals surface area contributed by atoms with Gasteiger partial charge >= 0.3 is 11.9 Å². The van der Waals surface area contributed by atoms with E-state index in [9.17, 15) is 14.4 Å². The van der Waals surface area contributed by atoms with Crippen molar-refractivity contribution in [2.75, 3.05) is 5.75 Å². The van der Waals surface area contributed by atoms with Gasteiger partial charge in [-0.2, -0.15) is 12.6 Å². The highest BCUT2D eigenvalue weighted by atomic mass is 32.1. The zero-order chi connectivity index (χ0) is 19.5. The predicted molar refractivity (Wildman–Crippen MR) is 99.4 cm³/mol. The number of primary amides is 1. The number of thiol groups is 1. The first-order chi connectivity index (χ1) is 12.1. The van der Waals surface area contributed by atoms with E-state index in [1.54, 1.807) is 6.92 Å². The molecule has 4 rings (SSSR count). The number of hydrogen-bond acceptors (Lipinski definition) is 6. The van der Waals surface area contributed by atoms with Crippen molar-refractivity contribution in [2.45, 2.75) is 63.5 Å². The third-order valence-corrected chi connectivity index (χ3v) is 6.23. The normalized spacial score (nSPS) is 33.6. The molecule has 0 heterocycles. The number of carboxylic acids is 1. The molecule has 0 aromatic rings. The molecule has 26 heavy (non-hydrogen) atoms. The van der Waals surface area contributed by atoms with E-state index in [1.807, 2.05) is 0 Å². The van der Waals surface area contributed by atoms with Gasteiger partial charge in [-0.05, 0) is 56.3 Å². The van der Waals surface area contributed by atoms with Gasteiger partial charge in [0, 0.05) is 11.3 Å². The quantitative estimate of drug-likeness (QED) is 0.402. The van der Waals surface area contributed by atoms with Crippen LogP contribution in [-0.2, 0) is 19.1 Å². The number of ether oxygens (including phenoxy) is 1. The maximum Gasteiger partial charge on any atom is 0.345 e. The third-order valence-electron chi connectivity index (χ3n) is 5.68. The summed E-state index contributed by atoms with van der Waals surface area (Å²) in [6.45, 7) is 1.54. The fourth-order valence-corrected chi connectivity index (χ4v) is 5.02. The fraction of sp³-hybridized carbons (Fsp3) is 0.833. The first-order valence-electron chi connectivity index (χ1n) is 9.23. The minimum atomic E-state index is -1.52. The molecule has 2 atom stereocenters. The first kappa shape index (κ1) is 21.0. The lowest BCUT2D eigenvalue weighted by Gasteiger charge is -2.55. The molecule has 7 nitrogen and oxygen atoms in total.